The summed E-state index contributed by atoms with van der Waals surface area (Å²) in [6, 6.07) is 15.1. The number of rotatable bonds is 4. The number of halogens is 2. The van der Waals surface area contributed by atoms with Crippen LogP contribution in [0.4, 0.5) is 5.95 Å². The summed E-state index contributed by atoms with van der Waals surface area (Å²) in [5, 5.41) is 9.76. The summed E-state index contributed by atoms with van der Waals surface area (Å²) < 4.78 is 1.63. The van der Waals surface area contributed by atoms with Gasteiger partial charge in [0.2, 0.25) is 5.95 Å². The Kier molecular flexibility index (Phi) is 4.36. The molecule has 0 saturated heterocycles. The molecule has 0 aliphatic rings. The van der Waals surface area contributed by atoms with Crippen molar-refractivity contribution in [2.45, 2.75) is 6.92 Å². The molecular formula is C18H14Cl2N6. The van der Waals surface area contributed by atoms with Crippen molar-refractivity contribution in [2.24, 2.45) is 5.10 Å². The lowest BCUT2D eigenvalue weighted by molar-refractivity contribution is 0.863. The van der Waals surface area contributed by atoms with E-state index in [2.05, 4.69) is 25.6 Å². The summed E-state index contributed by atoms with van der Waals surface area (Å²) in [5.41, 5.74) is 6.95. The molecule has 130 valence electrons. The molecule has 8 heteroatoms. The fraction of sp³-hybridized carbons (Fsp3) is 0.0556. The average molecular weight is 385 g/mol. The van der Waals surface area contributed by atoms with Gasteiger partial charge in [0.15, 0.2) is 0 Å². The van der Waals surface area contributed by atoms with Gasteiger partial charge in [-0.25, -0.2) is 15.1 Å². The van der Waals surface area contributed by atoms with Gasteiger partial charge in [-0.15, -0.1) is 0 Å². The van der Waals surface area contributed by atoms with E-state index in [0.29, 0.717) is 16.1 Å². The van der Waals surface area contributed by atoms with Crippen LogP contribution in [0.5, 0.6) is 0 Å². The van der Waals surface area contributed by atoms with E-state index in [-0.39, 0.29) is 0 Å². The van der Waals surface area contributed by atoms with Crippen LogP contribution in [-0.4, -0.2) is 26.0 Å². The summed E-state index contributed by atoms with van der Waals surface area (Å²) in [6.07, 6.45) is 1.62. The Hall–Kier alpha value is -2.83. The van der Waals surface area contributed by atoms with Crippen molar-refractivity contribution < 1.29 is 0 Å². The number of anilines is 1. The summed E-state index contributed by atoms with van der Waals surface area (Å²) in [7, 11) is 0. The van der Waals surface area contributed by atoms with E-state index in [1.54, 1.807) is 23.0 Å². The maximum Gasteiger partial charge on any atom is 0.222 e. The number of benzene rings is 2. The molecular weight excluding hydrogens is 371 g/mol. The third-order valence-corrected chi connectivity index (χ3v) is 4.45. The molecule has 0 saturated carbocycles. The number of aromatic nitrogens is 4. The minimum Gasteiger partial charge on any atom is -0.323 e. The van der Waals surface area contributed by atoms with Crippen LogP contribution in [0.25, 0.3) is 16.7 Å². The molecule has 0 radical (unpaired) electrons. The minimum atomic E-state index is 0.458. The quantitative estimate of drug-likeness (QED) is 0.391. The third kappa shape index (κ3) is 3.16. The second kappa shape index (κ2) is 6.82. The first-order valence-electron chi connectivity index (χ1n) is 7.87. The van der Waals surface area contributed by atoms with E-state index >= 15 is 0 Å². The van der Waals surface area contributed by atoms with Crippen molar-refractivity contribution in [3.05, 3.63) is 70.0 Å². The molecule has 4 rings (SSSR count). The molecule has 0 aliphatic carbocycles. The van der Waals surface area contributed by atoms with Crippen molar-refractivity contribution in [1.82, 2.24) is 19.7 Å². The molecule has 6 nitrogen and oxygen atoms in total. The fourth-order valence-electron chi connectivity index (χ4n) is 2.60. The van der Waals surface area contributed by atoms with Crippen LogP contribution in [-0.2, 0) is 0 Å². The predicted molar refractivity (Wildman–Crippen MR) is 106 cm³/mol. The average Bonchev–Trinajstić information content (AvgIpc) is 3.17. The van der Waals surface area contributed by atoms with Gasteiger partial charge >= 0.3 is 0 Å². The zero-order chi connectivity index (χ0) is 18.1. The van der Waals surface area contributed by atoms with Crippen LogP contribution in [0.15, 0.2) is 53.6 Å². The van der Waals surface area contributed by atoms with Gasteiger partial charge in [0.25, 0.3) is 0 Å². The first-order chi connectivity index (χ1) is 12.6. The predicted octanol–water partition coefficient (Wildman–Crippen LogP) is 4.81. The van der Waals surface area contributed by atoms with E-state index in [1.807, 2.05) is 43.3 Å². The highest BCUT2D eigenvalue weighted by molar-refractivity contribution is 6.32. The number of hydrazone groups is 1. The maximum atomic E-state index is 6.48. The largest absolute Gasteiger partial charge is 0.323 e. The Labute approximate surface area is 159 Å². The molecule has 26 heavy (non-hydrogen) atoms. The number of hydrogen-bond donors (Lipinski definition) is 2. The third-order valence-electron chi connectivity index (χ3n) is 3.85. The van der Waals surface area contributed by atoms with E-state index in [0.717, 1.165) is 28.0 Å². The van der Waals surface area contributed by atoms with Crippen LogP contribution < -0.4 is 5.43 Å². The Bertz CT molecular complexity index is 1080. The van der Waals surface area contributed by atoms with E-state index in [9.17, 15) is 0 Å². The normalized spacial score (nSPS) is 11.5. The standard InChI is InChI=1S/C18H14Cl2N6/c1-11-14(17(20)26(25-11)13-6-4-5-12(19)9-13)10-21-24-18-22-15-7-2-3-8-16(15)23-18/h2-10H,1H3,(H2,22,23,24)/b21-10+. The summed E-state index contributed by atoms with van der Waals surface area (Å²) in [6.45, 7) is 1.87. The van der Waals surface area contributed by atoms with Gasteiger partial charge < -0.3 is 4.98 Å². The van der Waals surface area contributed by atoms with E-state index in [1.165, 1.54) is 0 Å². The maximum absolute atomic E-state index is 6.48. The molecule has 0 fully saturated rings. The van der Waals surface area contributed by atoms with Crippen LogP contribution in [0.2, 0.25) is 10.2 Å². The molecule has 4 aromatic rings. The summed E-state index contributed by atoms with van der Waals surface area (Å²) in [5.74, 6) is 0.554. The number of hydrogen-bond acceptors (Lipinski definition) is 4. The lowest BCUT2D eigenvalue weighted by Crippen LogP contribution is -1.96. The highest BCUT2D eigenvalue weighted by Crippen LogP contribution is 2.24. The lowest BCUT2D eigenvalue weighted by Gasteiger charge is -2.03. The van der Waals surface area contributed by atoms with Crippen LogP contribution in [0.1, 0.15) is 11.3 Å². The van der Waals surface area contributed by atoms with Crippen LogP contribution >= 0.6 is 23.2 Å². The topological polar surface area (TPSA) is 70.9 Å². The van der Waals surface area contributed by atoms with Gasteiger partial charge in [0.1, 0.15) is 5.15 Å². The molecule has 0 unspecified atom stereocenters. The molecule has 0 atom stereocenters. The number of para-hydroxylation sites is 2. The van der Waals surface area contributed by atoms with Gasteiger partial charge in [-0.2, -0.15) is 10.2 Å². The Morgan fingerprint density at radius 1 is 1.15 bits per heavy atom. The first-order valence-corrected chi connectivity index (χ1v) is 8.62. The van der Waals surface area contributed by atoms with Crippen molar-refractivity contribution in [1.29, 1.82) is 0 Å². The molecule has 2 heterocycles. The number of nitrogens with one attached hydrogen (secondary N) is 2. The summed E-state index contributed by atoms with van der Waals surface area (Å²) >= 11 is 12.5. The molecule has 0 amide bonds. The van der Waals surface area contributed by atoms with Crippen molar-refractivity contribution in [3.8, 4) is 5.69 Å². The van der Waals surface area contributed by atoms with Gasteiger partial charge in [-0.1, -0.05) is 41.4 Å². The zero-order valence-electron chi connectivity index (χ0n) is 13.7. The van der Waals surface area contributed by atoms with Crippen molar-refractivity contribution >= 4 is 46.4 Å². The summed E-state index contributed by atoms with van der Waals surface area (Å²) in [4.78, 5) is 7.55. The molecule has 2 aromatic carbocycles. The second-order valence-electron chi connectivity index (χ2n) is 5.65. The molecule has 0 bridgehead atoms. The Balaban J connectivity index is 1.59. The Morgan fingerprint density at radius 2 is 2.00 bits per heavy atom. The van der Waals surface area contributed by atoms with Crippen LogP contribution in [0.3, 0.4) is 0 Å². The van der Waals surface area contributed by atoms with Gasteiger partial charge in [0, 0.05) is 5.02 Å². The van der Waals surface area contributed by atoms with Gasteiger partial charge in [-0.3, -0.25) is 0 Å². The van der Waals surface area contributed by atoms with Gasteiger partial charge in [0.05, 0.1) is 34.2 Å². The van der Waals surface area contributed by atoms with Crippen LogP contribution in [0, 0.1) is 6.92 Å². The number of nitrogens with zero attached hydrogens (tertiary/aromatic N) is 4. The fourth-order valence-corrected chi connectivity index (χ4v) is 3.11. The molecule has 0 aliphatic heterocycles. The van der Waals surface area contributed by atoms with Crippen molar-refractivity contribution in [2.75, 3.05) is 5.43 Å². The molecule has 2 aromatic heterocycles. The number of H-pyrrole nitrogens is 1. The number of aryl methyl sites for hydroxylation is 1. The highest BCUT2D eigenvalue weighted by Gasteiger charge is 2.13. The van der Waals surface area contributed by atoms with E-state index < -0.39 is 0 Å². The SMILES string of the molecule is Cc1nn(-c2cccc(Cl)c2)c(Cl)c1/C=N/Nc1nc2ccccc2[nH]1. The zero-order valence-corrected chi connectivity index (χ0v) is 15.3. The monoisotopic (exact) mass is 384 g/mol. The number of aromatic amines is 1. The minimum absolute atomic E-state index is 0.458. The number of fused-ring (bicyclic) bond motifs is 1. The van der Waals surface area contributed by atoms with Gasteiger partial charge in [-0.05, 0) is 37.3 Å². The highest BCUT2D eigenvalue weighted by atomic mass is 35.5. The first kappa shape index (κ1) is 16.6. The lowest BCUT2D eigenvalue weighted by atomic mass is 10.3. The van der Waals surface area contributed by atoms with E-state index in [4.69, 9.17) is 23.2 Å². The second-order valence-corrected chi connectivity index (χ2v) is 6.45. The molecule has 0 spiro atoms. The smallest absolute Gasteiger partial charge is 0.222 e. The number of imidazole rings is 1. The molecule has 2 N–H and O–H groups in total. The Morgan fingerprint density at radius 3 is 2.81 bits per heavy atom. The van der Waals surface area contributed by atoms with Crippen molar-refractivity contribution in [3.63, 3.8) is 0 Å².